The molecule has 1 aromatic carbocycles. The number of rotatable bonds is 5. The number of aromatic nitrogens is 1. The van der Waals surface area contributed by atoms with Crippen LogP contribution in [0.1, 0.15) is 23.4 Å². The van der Waals surface area contributed by atoms with Gasteiger partial charge in [-0.25, -0.2) is 4.98 Å². The van der Waals surface area contributed by atoms with Crippen molar-refractivity contribution in [2.45, 2.75) is 18.9 Å². The van der Waals surface area contributed by atoms with E-state index in [-0.39, 0.29) is 11.9 Å². The fourth-order valence-electron chi connectivity index (χ4n) is 2.92. The number of carbonyl (C=O) groups is 1. The van der Waals surface area contributed by atoms with E-state index in [0.29, 0.717) is 23.3 Å². The molecule has 0 bridgehead atoms. The maximum Gasteiger partial charge on any atom is 0.433 e. The van der Waals surface area contributed by atoms with Gasteiger partial charge in [0.25, 0.3) is 5.91 Å². The number of amides is 1. The van der Waals surface area contributed by atoms with Crippen LogP contribution in [0.5, 0.6) is 0 Å². The van der Waals surface area contributed by atoms with Gasteiger partial charge in [0.05, 0.1) is 28.9 Å². The molecular formula is C17H14ClN3O5S. The van der Waals surface area contributed by atoms with Crippen molar-refractivity contribution in [2.75, 3.05) is 18.1 Å². The van der Waals surface area contributed by atoms with E-state index in [2.05, 4.69) is 4.98 Å². The van der Waals surface area contributed by atoms with Gasteiger partial charge in [-0.2, -0.15) is 0 Å². The van der Waals surface area contributed by atoms with E-state index in [1.54, 1.807) is 18.2 Å². The summed E-state index contributed by atoms with van der Waals surface area (Å²) < 4.78 is 11.6. The highest BCUT2D eigenvalue weighted by molar-refractivity contribution is 7.22. The smallest absolute Gasteiger partial charge is 0.395 e. The molecule has 0 aliphatic carbocycles. The average Bonchev–Trinajstić information content (AvgIpc) is 3.37. The normalized spacial score (nSPS) is 16.7. The lowest BCUT2D eigenvalue weighted by atomic mass is 10.2. The number of benzene rings is 1. The Balaban J connectivity index is 1.70. The fraction of sp³-hybridized carbons (Fsp3) is 0.294. The molecule has 0 radical (unpaired) electrons. The van der Waals surface area contributed by atoms with Crippen molar-refractivity contribution >= 4 is 50.1 Å². The Morgan fingerprint density at radius 1 is 1.41 bits per heavy atom. The maximum atomic E-state index is 13.0. The van der Waals surface area contributed by atoms with E-state index >= 15 is 0 Å². The number of hydrogen-bond acceptors (Lipinski definition) is 7. The van der Waals surface area contributed by atoms with Crippen molar-refractivity contribution in [3.05, 3.63) is 51.2 Å². The minimum atomic E-state index is -0.680. The van der Waals surface area contributed by atoms with Crippen LogP contribution in [0.25, 0.3) is 10.2 Å². The van der Waals surface area contributed by atoms with Gasteiger partial charge in [0, 0.05) is 11.6 Å². The molecule has 140 valence electrons. The van der Waals surface area contributed by atoms with Gasteiger partial charge < -0.3 is 9.15 Å². The van der Waals surface area contributed by atoms with Crippen LogP contribution in [-0.4, -0.2) is 35.1 Å². The molecule has 3 aromatic rings. The second-order valence-corrected chi connectivity index (χ2v) is 7.50. The van der Waals surface area contributed by atoms with Crippen LogP contribution in [-0.2, 0) is 4.74 Å². The van der Waals surface area contributed by atoms with Crippen LogP contribution < -0.4 is 4.90 Å². The molecule has 1 saturated heterocycles. The third-order valence-electron chi connectivity index (χ3n) is 4.21. The SMILES string of the molecule is O=C(c1ccc([N+](=O)[O-])o1)N(CC1CCCO1)c1nc2ccc(Cl)cc2s1. The second kappa shape index (κ2) is 7.26. The molecule has 1 unspecified atom stereocenters. The van der Waals surface area contributed by atoms with Crippen molar-refractivity contribution in [3.63, 3.8) is 0 Å². The number of nitro groups is 1. The minimum Gasteiger partial charge on any atom is -0.395 e. The number of anilines is 1. The predicted octanol–water partition coefficient (Wildman–Crippen LogP) is 4.28. The van der Waals surface area contributed by atoms with Crippen molar-refractivity contribution in [1.29, 1.82) is 0 Å². The topological polar surface area (TPSA) is 98.7 Å². The third-order valence-corrected chi connectivity index (χ3v) is 5.48. The number of furan rings is 1. The largest absolute Gasteiger partial charge is 0.433 e. The number of ether oxygens (including phenoxy) is 1. The number of thiazole rings is 1. The molecule has 0 spiro atoms. The highest BCUT2D eigenvalue weighted by atomic mass is 35.5. The van der Waals surface area contributed by atoms with Crippen LogP contribution >= 0.6 is 22.9 Å². The van der Waals surface area contributed by atoms with Crippen molar-refractivity contribution in [3.8, 4) is 0 Å². The zero-order valence-electron chi connectivity index (χ0n) is 14.0. The first-order chi connectivity index (χ1) is 13.0. The van der Waals surface area contributed by atoms with Gasteiger partial charge in [0.2, 0.25) is 0 Å². The van der Waals surface area contributed by atoms with Gasteiger partial charge in [-0.15, -0.1) is 0 Å². The summed E-state index contributed by atoms with van der Waals surface area (Å²) >= 11 is 7.35. The molecule has 1 fully saturated rings. The van der Waals surface area contributed by atoms with Gasteiger partial charge in [-0.05, 0) is 37.1 Å². The van der Waals surface area contributed by atoms with Crippen molar-refractivity contribution in [1.82, 2.24) is 4.98 Å². The monoisotopic (exact) mass is 407 g/mol. The highest BCUT2D eigenvalue weighted by Gasteiger charge is 2.29. The van der Waals surface area contributed by atoms with Crippen LogP contribution in [0.3, 0.4) is 0 Å². The van der Waals surface area contributed by atoms with E-state index in [9.17, 15) is 14.9 Å². The third kappa shape index (κ3) is 3.66. The quantitative estimate of drug-likeness (QED) is 0.462. The first kappa shape index (κ1) is 17.9. The lowest BCUT2D eigenvalue weighted by Crippen LogP contribution is -2.37. The molecule has 4 rings (SSSR count). The van der Waals surface area contributed by atoms with E-state index in [0.717, 1.165) is 29.1 Å². The molecule has 0 saturated carbocycles. The van der Waals surface area contributed by atoms with Gasteiger partial charge in [-0.1, -0.05) is 22.9 Å². The Labute approximate surface area is 162 Å². The van der Waals surface area contributed by atoms with Crippen LogP contribution in [0.2, 0.25) is 5.02 Å². The van der Waals surface area contributed by atoms with Crippen LogP contribution in [0.15, 0.2) is 34.7 Å². The molecular weight excluding hydrogens is 394 g/mol. The number of halogens is 1. The number of nitrogens with zero attached hydrogens (tertiary/aromatic N) is 3. The molecule has 1 aliphatic heterocycles. The minimum absolute atomic E-state index is 0.114. The first-order valence-electron chi connectivity index (χ1n) is 8.25. The Hall–Kier alpha value is -2.49. The van der Waals surface area contributed by atoms with Crippen LogP contribution in [0, 0.1) is 10.1 Å². The molecule has 3 heterocycles. The van der Waals surface area contributed by atoms with Crippen LogP contribution in [0.4, 0.5) is 11.0 Å². The van der Waals surface area contributed by atoms with Gasteiger partial charge in [0.1, 0.15) is 4.92 Å². The predicted molar refractivity (Wildman–Crippen MR) is 101 cm³/mol. The summed E-state index contributed by atoms with van der Waals surface area (Å²) in [4.78, 5) is 29.2. The Morgan fingerprint density at radius 3 is 2.96 bits per heavy atom. The van der Waals surface area contributed by atoms with Gasteiger partial charge in [-0.3, -0.25) is 19.8 Å². The summed E-state index contributed by atoms with van der Waals surface area (Å²) in [7, 11) is 0. The van der Waals surface area contributed by atoms with E-state index in [1.165, 1.54) is 22.3 Å². The van der Waals surface area contributed by atoms with E-state index in [4.69, 9.17) is 20.8 Å². The molecule has 10 heteroatoms. The summed E-state index contributed by atoms with van der Waals surface area (Å²) in [6.45, 7) is 0.940. The highest BCUT2D eigenvalue weighted by Crippen LogP contribution is 2.33. The first-order valence-corrected chi connectivity index (χ1v) is 9.44. The standard InChI is InChI=1S/C17H14ClN3O5S/c18-10-3-4-12-14(8-10)27-17(19-12)20(9-11-2-1-7-25-11)16(22)13-5-6-15(26-13)21(23)24/h3-6,8,11H,1-2,7,9H2. The lowest BCUT2D eigenvalue weighted by molar-refractivity contribution is -0.402. The van der Waals surface area contributed by atoms with Gasteiger partial charge >= 0.3 is 5.88 Å². The second-order valence-electron chi connectivity index (χ2n) is 6.05. The molecule has 8 nitrogen and oxygen atoms in total. The summed E-state index contributed by atoms with van der Waals surface area (Å²) in [5.74, 6) is -1.09. The summed E-state index contributed by atoms with van der Waals surface area (Å²) in [6, 6.07) is 7.76. The van der Waals surface area contributed by atoms with Gasteiger partial charge in [0.15, 0.2) is 10.9 Å². The van der Waals surface area contributed by atoms with Crippen molar-refractivity contribution < 1.29 is 18.9 Å². The molecule has 1 amide bonds. The van der Waals surface area contributed by atoms with E-state index < -0.39 is 16.7 Å². The molecule has 27 heavy (non-hydrogen) atoms. The molecule has 0 N–H and O–H groups in total. The van der Waals surface area contributed by atoms with E-state index in [1.807, 2.05) is 0 Å². The maximum absolute atomic E-state index is 13.0. The average molecular weight is 408 g/mol. The molecule has 1 atom stereocenters. The summed E-state index contributed by atoms with van der Waals surface area (Å²) in [5.41, 5.74) is 0.718. The number of carbonyl (C=O) groups excluding carboxylic acids is 1. The number of hydrogen-bond donors (Lipinski definition) is 0. The zero-order valence-corrected chi connectivity index (χ0v) is 15.5. The summed E-state index contributed by atoms with van der Waals surface area (Å²) in [6.07, 6.45) is 1.64. The summed E-state index contributed by atoms with van der Waals surface area (Å²) in [5, 5.41) is 11.9. The van der Waals surface area contributed by atoms with Crippen molar-refractivity contribution in [2.24, 2.45) is 0 Å². The Morgan fingerprint density at radius 2 is 2.26 bits per heavy atom. The number of fused-ring (bicyclic) bond motifs is 1. The molecule has 1 aliphatic rings. The lowest BCUT2D eigenvalue weighted by Gasteiger charge is -2.21. The molecule has 2 aromatic heterocycles. The Bertz CT molecular complexity index is 1010. The zero-order chi connectivity index (χ0) is 19.0. The Kier molecular flexibility index (Phi) is 4.81. The fourth-order valence-corrected chi connectivity index (χ4v) is 4.16.